The summed E-state index contributed by atoms with van der Waals surface area (Å²) >= 11 is 0. The lowest BCUT2D eigenvalue weighted by Gasteiger charge is -2.28. The third kappa shape index (κ3) is 2.36. The van der Waals surface area contributed by atoms with Crippen LogP contribution in [-0.2, 0) is 0 Å². The summed E-state index contributed by atoms with van der Waals surface area (Å²) in [5, 5.41) is 3.09. The highest BCUT2D eigenvalue weighted by Gasteiger charge is 2.34. The van der Waals surface area contributed by atoms with Crippen molar-refractivity contribution in [1.29, 1.82) is 0 Å². The molecule has 0 aromatic carbocycles. The summed E-state index contributed by atoms with van der Waals surface area (Å²) < 4.78 is 5.37. The van der Waals surface area contributed by atoms with Crippen LogP contribution in [0.15, 0.2) is 10.5 Å². The van der Waals surface area contributed by atoms with Gasteiger partial charge in [0.1, 0.15) is 11.5 Å². The molecule has 94 valence electrons. The van der Waals surface area contributed by atoms with Gasteiger partial charge in [-0.3, -0.25) is 4.79 Å². The van der Waals surface area contributed by atoms with Crippen molar-refractivity contribution in [2.24, 2.45) is 5.73 Å². The topological polar surface area (TPSA) is 68.3 Å². The molecule has 1 fully saturated rings. The van der Waals surface area contributed by atoms with Crippen LogP contribution in [0.2, 0.25) is 0 Å². The maximum Gasteiger partial charge on any atom is 0.255 e. The minimum absolute atomic E-state index is 0.0632. The number of aryl methyl sites for hydroxylation is 2. The predicted octanol–water partition coefficient (Wildman–Crippen LogP) is 1.90. The normalized spacial score (nSPS) is 18.3. The molecule has 1 heterocycles. The molecule has 0 bridgehead atoms. The quantitative estimate of drug-likeness (QED) is 0.842. The van der Waals surface area contributed by atoms with Gasteiger partial charge in [-0.2, -0.15) is 0 Å². The Balaban J connectivity index is 2.13. The second kappa shape index (κ2) is 4.53. The summed E-state index contributed by atoms with van der Waals surface area (Å²) in [6.07, 6.45) is 4.23. The Morgan fingerprint density at radius 3 is 2.59 bits per heavy atom. The van der Waals surface area contributed by atoms with Gasteiger partial charge < -0.3 is 15.5 Å². The van der Waals surface area contributed by atoms with Crippen LogP contribution in [0.4, 0.5) is 0 Å². The van der Waals surface area contributed by atoms with Crippen molar-refractivity contribution in [2.75, 3.05) is 6.54 Å². The van der Waals surface area contributed by atoms with Crippen LogP contribution in [0.25, 0.3) is 0 Å². The molecule has 0 spiro atoms. The molecule has 0 unspecified atom stereocenters. The largest absolute Gasteiger partial charge is 0.466 e. The van der Waals surface area contributed by atoms with Crippen molar-refractivity contribution in [3.63, 3.8) is 0 Å². The van der Waals surface area contributed by atoms with Gasteiger partial charge in [0.15, 0.2) is 0 Å². The van der Waals surface area contributed by atoms with Gasteiger partial charge in [0.05, 0.1) is 11.1 Å². The predicted molar refractivity (Wildman–Crippen MR) is 65.9 cm³/mol. The summed E-state index contributed by atoms with van der Waals surface area (Å²) in [6.45, 7) is 4.17. The molecule has 4 heteroatoms. The van der Waals surface area contributed by atoms with E-state index in [9.17, 15) is 4.79 Å². The Bertz CT molecular complexity index is 417. The van der Waals surface area contributed by atoms with Crippen molar-refractivity contribution < 1.29 is 9.21 Å². The lowest BCUT2D eigenvalue weighted by Crippen LogP contribution is -2.51. The first-order chi connectivity index (χ1) is 8.06. The first-order valence-electron chi connectivity index (χ1n) is 6.16. The summed E-state index contributed by atoms with van der Waals surface area (Å²) in [5.74, 6) is 1.37. The average molecular weight is 236 g/mol. The third-order valence-corrected chi connectivity index (χ3v) is 3.62. The monoisotopic (exact) mass is 236 g/mol. The van der Waals surface area contributed by atoms with Crippen molar-refractivity contribution in [2.45, 2.75) is 45.1 Å². The molecule has 3 N–H and O–H groups in total. The summed E-state index contributed by atoms with van der Waals surface area (Å²) in [7, 11) is 0. The Kier molecular flexibility index (Phi) is 3.24. The van der Waals surface area contributed by atoms with Crippen LogP contribution in [0.3, 0.4) is 0 Å². The summed E-state index contributed by atoms with van der Waals surface area (Å²) in [6, 6.07) is 1.78. The number of amides is 1. The minimum Gasteiger partial charge on any atom is -0.466 e. The van der Waals surface area contributed by atoms with E-state index in [-0.39, 0.29) is 11.4 Å². The van der Waals surface area contributed by atoms with Gasteiger partial charge >= 0.3 is 0 Å². The fourth-order valence-corrected chi connectivity index (χ4v) is 2.60. The number of hydrogen-bond acceptors (Lipinski definition) is 3. The molecule has 0 atom stereocenters. The van der Waals surface area contributed by atoms with Gasteiger partial charge in [-0.25, -0.2) is 0 Å². The van der Waals surface area contributed by atoms with Crippen LogP contribution in [0.5, 0.6) is 0 Å². The highest BCUT2D eigenvalue weighted by molar-refractivity contribution is 5.95. The number of nitrogens with one attached hydrogen (secondary N) is 1. The Hall–Kier alpha value is -1.29. The molecular formula is C13H20N2O2. The Labute approximate surface area is 102 Å². The van der Waals surface area contributed by atoms with Crippen molar-refractivity contribution in [1.82, 2.24) is 5.32 Å². The van der Waals surface area contributed by atoms with E-state index >= 15 is 0 Å². The van der Waals surface area contributed by atoms with E-state index in [1.165, 1.54) is 0 Å². The number of nitrogens with two attached hydrogens (primary N) is 1. The molecule has 0 saturated heterocycles. The molecule has 1 aromatic heterocycles. The van der Waals surface area contributed by atoms with E-state index in [1.54, 1.807) is 6.07 Å². The fraction of sp³-hybridized carbons (Fsp3) is 0.615. The minimum atomic E-state index is -0.200. The van der Waals surface area contributed by atoms with E-state index in [0.717, 1.165) is 31.4 Å². The second-order valence-corrected chi connectivity index (χ2v) is 4.97. The highest BCUT2D eigenvalue weighted by Crippen LogP contribution is 2.29. The van der Waals surface area contributed by atoms with Gasteiger partial charge in [-0.05, 0) is 32.8 Å². The van der Waals surface area contributed by atoms with E-state index in [1.807, 2.05) is 13.8 Å². The van der Waals surface area contributed by atoms with Gasteiger partial charge in [0.2, 0.25) is 0 Å². The first-order valence-corrected chi connectivity index (χ1v) is 6.16. The molecule has 1 saturated carbocycles. The van der Waals surface area contributed by atoms with Gasteiger partial charge in [0.25, 0.3) is 5.91 Å². The van der Waals surface area contributed by atoms with E-state index in [4.69, 9.17) is 10.2 Å². The molecular weight excluding hydrogens is 216 g/mol. The zero-order chi connectivity index (χ0) is 12.5. The number of carbonyl (C=O) groups excluding carboxylic acids is 1. The smallest absolute Gasteiger partial charge is 0.255 e. The number of hydrogen-bond donors (Lipinski definition) is 2. The summed E-state index contributed by atoms with van der Waals surface area (Å²) in [4.78, 5) is 12.2. The van der Waals surface area contributed by atoms with Crippen LogP contribution in [0, 0.1) is 13.8 Å². The van der Waals surface area contributed by atoms with Crippen molar-refractivity contribution in [3.05, 3.63) is 23.2 Å². The Morgan fingerprint density at radius 1 is 1.47 bits per heavy atom. The van der Waals surface area contributed by atoms with Crippen molar-refractivity contribution >= 4 is 5.91 Å². The van der Waals surface area contributed by atoms with Crippen LogP contribution in [-0.4, -0.2) is 18.0 Å². The highest BCUT2D eigenvalue weighted by atomic mass is 16.3. The van der Waals surface area contributed by atoms with Crippen LogP contribution < -0.4 is 11.1 Å². The van der Waals surface area contributed by atoms with E-state index < -0.39 is 0 Å². The number of furan rings is 1. The van der Waals surface area contributed by atoms with Crippen LogP contribution in [0.1, 0.15) is 47.6 Å². The maximum absolute atomic E-state index is 12.2. The summed E-state index contributed by atoms with van der Waals surface area (Å²) in [5.41, 5.74) is 6.23. The standard InChI is InChI=1S/C13H20N2O2/c1-9-7-11(10(2)17-9)12(16)15-13(8-14)5-3-4-6-13/h7H,3-6,8,14H2,1-2H3,(H,15,16). The van der Waals surface area contributed by atoms with Gasteiger partial charge in [0, 0.05) is 6.54 Å². The molecule has 1 aliphatic rings. The molecule has 17 heavy (non-hydrogen) atoms. The lowest BCUT2D eigenvalue weighted by atomic mass is 9.97. The van der Waals surface area contributed by atoms with E-state index in [2.05, 4.69) is 5.32 Å². The van der Waals surface area contributed by atoms with E-state index in [0.29, 0.717) is 17.9 Å². The second-order valence-electron chi connectivity index (χ2n) is 4.97. The molecule has 0 radical (unpaired) electrons. The number of rotatable bonds is 3. The molecule has 0 aliphatic heterocycles. The SMILES string of the molecule is Cc1cc(C(=O)NC2(CN)CCCC2)c(C)o1. The third-order valence-electron chi connectivity index (χ3n) is 3.62. The van der Waals surface area contributed by atoms with Crippen molar-refractivity contribution in [3.8, 4) is 0 Å². The fourth-order valence-electron chi connectivity index (χ4n) is 2.60. The molecule has 1 aromatic rings. The molecule has 1 aliphatic carbocycles. The zero-order valence-corrected chi connectivity index (χ0v) is 10.5. The maximum atomic E-state index is 12.2. The van der Waals surface area contributed by atoms with Gasteiger partial charge in [-0.15, -0.1) is 0 Å². The molecule has 2 rings (SSSR count). The first kappa shape index (κ1) is 12.2. The number of carbonyl (C=O) groups is 1. The average Bonchev–Trinajstić information content (AvgIpc) is 2.86. The lowest BCUT2D eigenvalue weighted by molar-refractivity contribution is 0.0901. The Morgan fingerprint density at radius 2 is 2.12 bits per heavy atom. The van der Waals surface area contributed by atoms with Gasteiger partial charge in [-0.1, -0.05) is 12.8 Å². The van der Waals surface area contributed by atoms with Crippen LogP contribution >= 0.6 is 0 Å². The zero-order valence-electron chi connectivity index (χ0n) is 10.5. The molecule has 1 amide bonds. The molecule has 4 nitrogen and oxygen atoms in total.